The second-order valence-electron chi connectivity index (χ2n) is 5.37. The van der Waals surface area contributed by atoms with E-state index in [1.807, 2.05) is 0 Å². The topological polar surface area (TPSA) is 103 Å². The van der Waals surface area contributed by atoms with E-state index in [-0.39, 0.29) is 5.91 Å². The minimum Gasteiger partial charge on any atom is -0.493 e. The summed E-state index contributed by atoms with van der Waals surface area (Å²) in [5, 5.41) is 11.4. The fourth-order valence-corrected chi connectivity index (χ4v) is 2.18. The number of carbonyl (C=O) groups excluding carboxylic acids is 1. The van der Waals surface area contributed by atoms with Gasteiger partial charge in [0.15, 0.2) is 18.1 Å². The number of carbonyl (C=O) groups is 2. The van der Waals surface area contributed by atoms with Gasteiger partial charge in [0, 0.05) is 24.4 Å². The number of nitrogens with one attached hydrogen (secondary N) is 1. The van der Waals surface area contributed by atoms with E-state index in [1.54, 1.807) is 43.5 Å². The summed E-state index contributed by atoms with van der Waals surface area (Å²) in [7, 11) is 3.10. The average Bonchev–Trinajstić information content (AvgIpc) is 2.67. The first kappa shape index (κ1) is 20.1. The summed E-state index contributed by atoms with van der Waals surface area (Å²) in [6, 6.07) is 11.3. The van der Waals surface area contributed by atoms with Gasteiger partial charge in [0.05, 0.1) is 13.7 Å². The maximum absolute atomic E-state index is 12.5. The van der Waals surface area contributed by atoms with E-state index in [4.69, 9.17) is 24.1 Å². The number of amides is 1. The van der Waals surface area contributed by atoms with Gasteiger partial charge in [-0.1, -0.05) is 6.07 Å². The number of hydrogen-bond acceptors (Lipinski definition) is 6. The molecule has 2 aromatic rings. The van der Waals surface area contributed by atoms with Gasteiger partial charge in [-0.3, -0.25) is 4.79 Å². The van der Waals surface area contributed by atoms with Crippen LogP contribution >= 0.6 is 0 Å². The lowest BCUT2D eigenvalue weighted by atomic mass is 10.2. The number of carboxylic acids is 1. The SMILES string of the molecule is COCCOc1cc(NC(=O)c2cccc(OCC(=O)O)c2)ccc1OC. The highest BCUT2D eigenvalue weighted by atomic mass is 16.5. The quantitative estimate of drug-likeness (QED) is 0.615. The molecule has 2 rings (SSSR count). The van der Waals surface area contributed by atoms with Gasteiger partial charge in [-0.2, -0.15) is 0 Å². The molecule has 8 nitrogen and oxygen atoms in total. The molecule has 0 saturated heterocycles. The Labute approximate surface area is 156 Å². The maximum atomic E-state index is 12.5. The zero-order valence-electron chi connectivity index (χ0n) is 15.1. The first-order valence-electron chi connectivity index (χ1n) is 8.09. The number of rotatable bonds is 10. The number of methoxy groups -OCH3 is 2. The Hall–Kier alpha value is -3.26. The smallest absolute Gasteiger partial charge is 0.341 e. The van der Waals surface area contributed by atoms with E-state index in [0.717, 1.165) is 0 Å². The summed E-state index contributed by atoms with van der Waals surface area (Å²) in [6.45, 7) is 0.280. The first-order chi connectivity index (χ1) is 13.0. The van der Waals surface area contributed by atoms with Gasteiger partial charge in [0.2, 0.25) is 0 Å². The standard InChI is InChI=1S/C19H21NO7/c1-24-8-9-26-17-11-14(6-7-16(17)25-2)20-19(23)13-4-3-5-15(10-13)27-12-18(21)22/h3-7,10-11H,8-9,12H2,1-2H3,(H,20,23)(H,21,22). The molecule has 0 saturated carbocycles. The van der Waals surface area contributed by atoms with Crippen molar-refractivity contribution in [3.8, 4) is 17.2 Å². The van der Waals surface area contributed by atoms with Crippen molar-refractivity contribution in [3.05, 3.63) is 48.0 Å². The molecule has 0 aliphatic rings. The number of carboxylic acid groups (broad SMARTS) is 1. The zero-order valence-corrected chi connectivity index (χ0v) is 15.1. The molecule has 0 spiro atoms. The molecular weight excluding hydrogens is 354 g/mol. The summed E-state index contributed by atoms with van der Waals surface area (Å²) >= 11 is 0. The third kappa shape index (κ3) is 6.19. The van der Waals surface area contributed by atoms with Crippen molar-refractivity contribution >= 4 is 17.6 Å². The predicted octanol–water partition coefficient (Wildman–Crippen LogP) is 2.44. The molecule has 0 fully saturated rings. The summed E-state index contributed by atoms with van der Waals surface area (Å²) in [6.07, 6.45) is 0. The minimum atomic E-state index is -1.09. The molecule has 0 atom stereocenters. The van der Waals surface area contributed by atoms with Crippen LogP contribution in [0.3, 0.4) is 0 Å². The molecule has 0 unspecified atom stereocenters. The minimum absolute atomic E-state index is 0.295. The van der Waals surface area contributed by atoms with Crippen molar-refractivity contribution in [1.82, 2.24) is 0 Å². The molecule has 144 valence electrons. The van der Waals surface area contributed by atoms with Crippen LogP contribution in [0.15, 0.2) is 42.5 Å². The highest BCUT2D eigenvalue weighted by molar-refractivity contribution is 6.04. The zero-order chi connectivity index (χ0) is 19.6. The molecule has 2 N–H and O–H groups in total. The third-order valence-corrected chi connectivity index (χ3v) is 3.43. The van der Waals surface area contributed by atoms with Gasteiger partial charge in [-0.15, -0.1) is 0 Å². The van der Waals surface area contributed by atoms with Crippen LogP contribution < -0.4 is 19.5 Å². The van der Waals surface area contributed by atoms with Crippen molar-refractivity contribution < 1.29 is 33.6 Å². The second kappa shape index (κ2) is 10.0. The lowest BCUT2D eigenvalue weighted by Crippen LogP contribution is -2.13. The van der Waals surface area contributed by atoms with E-state index in [0.29, 0.717) is 41.7 Å². The monoisotopic (exact) mass is 375 g/mol. The summed E-state index contributed by atoms with van der Waals surface area (Å²) in [5.74, 6) is -0.157. The molecule has 2 aromatic carbocycles. The lowest BCUT2D eigenvalue weighted by molar-refractivity contribution is -0.139. The van der Waals surface area contributed by atoms with Crippen molar-refractivity contribution in [2.24, 2.45) is 0 Å². The van der Waals surface area contributed by atoms with Gasteiger partial charge in [0.1, 0.15) is 12.4 Å². The molecule has 0 bridgehead atoms. The Balaban J connectivity index is 2.09. The van der Waals surface area contributed by atoms with E-state index in [1.165, 1.54) is 13.2 Å². The normalized spacial score (nSPS) is 10.1. The number of anilines is 1. The van der Waals surface area contributed by atoms with Crippen LogP contribution in [0.25, 0.3) is 0 Å². The fourth-order valence-electron chi connectivity index (χ4n) is 2.18. The summed E-state index contributed by atoms with van der Waals surface area (Å²) in [4.78, 5) is 23.0. The van der Waals surface area contributed by atoms with Gasteiger partial charge < -0.3 is 29.4 Å². The van der Waals surface area contributed by atoms with Crippen LogP contribution in [0.2, 0.25) is 0 Å². The first-order valence-corrected chi connectivity index (χ1v) is 8.09. The summed E-state index contributed by atoms with van der Waals surface area (Å²) in [5.41, 5.74) is 0.848. The van der Waals surface area contributed by atoms with Crippen molar-refractivity contribution in [3.63, 3.8) is 0 Å². The fraction of sp³-hybridized carbons (Fsp3) is 0.263. The van der Waals surface area contributed by atoms with E-state index < -0.39 is 12.6 Å². The molecule has 0 heterocycles. The Morgan fingerprint density at radius 2 is 1.81 bits per heavy atom. The lowest BCUT2D eigenvalue weighted by Gasteiger charge is -2.13. The number of ether oxygens (including phenoxy) is 4. The van der Waals surface area contributed by atoms with Crippen LogP contribution in [-0.4, -0.2) is 51.0 Å². The van der Waals surface area contributed by atoms with Gasteiger partial charge in [-0.05, 0) is 30.3 Å². The van der Waals surface area contributed by atoms with Crippen LogP contribution in [0, 0.1) is 0 Å². The Bertz CT molecular complexity index is 791. The predicted molar refractivity (Wildman–Crippen MR) is 97.9 cm³/mol. The van der Waals surface area contributed by atoms with Crippen LogP contribution in [0.1, 0.15) is 10.4 Å². The molecule has 0 aliphatic carbocycles. The largest absolute Gasteiger partial charge is 0.493 e. The second-order valence-corrected chi connectivity index (χ2v) is 5.37. The molecule has 0 radical (unpaired) electrons. The van der Waals surface area contributed by atoms with Gasteiger partial charge in [-0.25, -0.2) is 4.79 Å². The molecule has 1 amide bonds. The average molecular weight is 375 g/mol. The van der Waals surface area contributed by atoms with E-state index >= 15 is 0 Å². The third-order valence-electron chi connectivity index (χ3n) is 3.43. The van der Waals surface area contributed by atoms with E-state index in [9.17, 15) is 9.59 Å². The molecule has 0 aromatic heterocycles. The van der Waals surface area contributed by atoms with Crippen molar-refractivity contribution in [2.45, 2.75) is 0 Å². The van der Waals surface area contributed by atoms with Crippen molar-refractivity contribution in [1.29, 1.82) is 0 Å². The highest BCUT2D eigenvalue weighted by Gasteiger charge is 2.11. The Morgan fingerprint density at radius 1 is 1.00 bits per heavy atom. The summed E-state index contributed by atoms with van der Waals surface area (Å²) < 4.78 is 20.9. The molecule has 27 heavy (non-hydrogen) atoms. The molecule has 0 aliphatic heterocycles. The van der Waals surface area contributed by atoms with Crippen LogP contribution in [-0.2, 0) is 9.53 Å². The number of benzene rings is 2. The number of hydrogen-bond donors (Lipinski definition) is 2. The Kier molecular flexibility index (Phi) is 7.45. The maximum Gasteiger partial charge on any atom is 0.341 e. The van der Waals surface area contributed by atoms with Crippen LogP contribution in [0.5, 0.6) is 17.2 Å². The van der Waals surface area contributed by atoms with Crippen LogP contribution in [0.4, 0.5) is 5.69 Å². The molecular formula is C19H21NO7. The van der Waals surface area contributed by atoms with Gasteiger partial charge in [0.25, 0.3) is 5.91 Å². The number of aliphatic carboxylic acids is 1. The van der Waals surface area contributed by atoms with Gasteiger partial charge >= 0.3 is 5.97 Å². The highest BCUT2D eigenvalue weighted by Crippen LogP contribution is 2.30. The van der Waals surface area contributed by atoms with Crippen molar-refractivity contribution in [2.75, 3.05) is 39.4 Å². The molecule has 8 heteroatoms. The van der Waals surface area contributed by atoms with E-state index in [2.05, 4.69) is 5.32 Å². The Morgan fingerprint density at radius 3 is 2.52 bits per heavy atom.